The van der Waals surface area contributed by atoms with E-state index in [1.54, 1.807) is 0 Å². The molecule has 0 aliphatic carbocycles. The molecule has 0 radical (unpaired) electrons. The maximum absolute atomic E-state index is 3.53. The van der Waals surface area contributed by atoms with Crippen LogP contribution in [-0.2, 0) is 0 Å². The second-order valence-electron chi connectivity index (χ2n) is 5.10. The first kappa shape index (κ1) is 17.9. The SMILES string of the molecule is CCNC(C)C(C)N(CC)CCCN(CC)CC. The number of hydrogen-bond acceptors (Lipinski definition) is 3. The minimum Gasteiger partial charge on any atom is -0.313 e. The van der Waals surface area contributed by atoms with E-state index in [0.29, 0.717) is 12.1 Å². The van der Waals surface area contributed by atoms with Gasteiger partial charge in [-0.15, -0.1) is 0 Å². The molecule has 0 aromatic heterocycles. The van der Waals surface area contributed by atoms with Crippen molar-refractivity contribution in [3.63, 3.8) is 0 Å². The number of likely N-dealkylation sites (N-methyl/N-ethyl adjacent to an activating group) is 2. The molecule has 0 bridgehead atoms. The Balaban J connectivity index is 4.02. The molecule has 3 heteroatoms. The predicted octanol–water partition coefficient (Wildman–Crippen LogP) is 2.43. The highest BCUT2D eigenvalue weighted by Crippen LogP contribution is 2.05. The number of nitrogens with one attached hydrogen (secondary N) is 1. The lowest BCUT2D eigenvalue weighted by Crippen LogP contribution is -2.47. The maximum atomic E-state index is 3.53. The quantitative estimate of drug-likeness (QED) is 0.613. The maximum Gasteiger partial charge on any atom is 0.0218 e. The van der Waals surface area contributed by atoms with E-state index in [0.717, 1.165) is 13.1 Å². The van der Waals surface area contributed by atoms with Gasteiger partial charge in [-0.05, 0) is 59.5 Å². The summed E-state index contributed by atoms with van der Waals surface area (Å²) in [5, 5.41) is 3.53. The summed E-state index contributed by atoms with van der Waals surface area (Å²) in [7, 11) is 0. The normalized spacial score (nSPS) is 15.3. The van der Waals surface area contributed by atoms with E-state index >= 15 is 0 Å². The van der Waals surface area contributed by atoms with Gasteiger partial charge >= 0.3 is 0 Å². The molecule has 0 aliphatic heterocycles. The molecule has 0 heterocycles. The summed E-state index contributed by atoms with van der Waals surface area (Å²) in [4.78, 5) is 5.10. The van der Waals surface area contributed by atoms with Gasteiger partial charge in [0.05, 0.1) is 0 Å². The van der Waals surface area contributed by atoms with E-state index in [-0.39, 0.29) is 0 Å². The van der Waals surface area contributed by atoms with Crippen LogP contribution in [0.3, 0.4) is 0 Å². The Morgan fingerprint density at radius 3 is 1.94 bits per heavy atom. The zero-order chi connectivity index (χ0) is 14.0. The molecule has 0 aromatic carbocycles. The van der Waals surface area contributed by atoms with Crippen molar-refractivity contribution in [3.8, 4) is 0 Å². The Labute approximate surface area is 115 Å². The highest BCUT2D eigenvalue weighted by atomic mass is 15.2. The average molecular weight is 257 g/mol. The van der Waals surface area contributed by atoms with Crippen molar-refractivity contribution in [2.24, 2.45) is 0 Å². The van der Waals surface area contributed by atoms with Gasteiger partial charge in [0.2, 0.25) is 0 Å². The highest BCUT2D eigenvalue weighted by molar-refractivity contribution is 4.77. The number of hydrogen-bond donors (Lipinski definition) is 1. The van der Waals surface area contributed by atoms with Crippen LogP contribution in [0.15, 0.2) is 0 Å². The lowest BCUT2D eigenvalue weighted by molar-refractivity contribution is 0.171. The molecule has 2 atom stereocenters. The molecule has 2 unspecified atom stereocenters. The van der Waals surface area contributed by atoms with E-state index < -0.39 is 0 Å². The molecular weight excluding hydrogens is 222 g/mol. The van der Waals surface area contributed by atoms with Crippen molar-refractivity contribution in [2.45, 2.75) is 60.0 Å². The molecule has 110 valence electrons. The van der Waals surface area contributed by atoms with Crippen molar-refractivity contribution in [1.29, 1.82) is 0 Å². The fraction of sp³-hybridized carbons (Fsp3) is 1.00. The van der Waals surface area contributed by atoms with Gasteiger partial charge in [-0.1, -0.05) is 27.7 Å². The third-order valence-corrected chi connectivity index (χ3v) is 4.05. The van der Waals surface area contributed by atoms with Gasteiger partial charge < -0.3 is 10.2 Å². The summed E-state index contributed by atoms with van der Waals surface area (Å²) >= 11 is 0. The predicted molar refractivity (Wildman–Crippen MR) is 82.3 cm³/mol. The zero-order valence-corrected chi connectivity index (χ0v) is 13.5. The molecule has 0 saturated carbocycles. The van der Waals surface area contributed by atoms with Crippen LogP contribution in [0.4, 0.5) is 0 Å². The summed E-state index contributed by atoms with van der Waals surface area (Å²) < 4.78 is 0. The minimum atomic E-state index is 0.573. The van der Waals surface area contributed by atoms with Gasteiger partial charge in [0, 0.05) is 12.1 Å². The van der Waals surface area contributed by atoms with E-state index in [1.807, 2.05) is 0 Å². The average Bonchev–Trinajstić information content (AvgIpc) is 2.39. The Hall–Kier alpha value is -0.120. The summed E-state index contributed by atoms with van der Waals surface area (Å²) in [5.74, 6) is 0. The highest BCUT2D eigenvalue weighted by Gasteiger charge is 2.17. The van der Waals surface area contributed by atoms with Crippen LogP contribution in [0.1, 0.15) is 48.0 Å². The monoisotopic (exact) mass is 257 g/mol. The molecule has 3 nitrogen and oxygen atoms in total. The first-order chi connectivity index (χ1) is 8.60. The second kappa shape index (κ2) is 10.8. The fourth-order valence-corrected chi connectivity index (χ4v) is 2.50. The Morgan fingerprint density at radius 2 is 1.50 bits per heavy atom. The molecular formula is C15H35N3. The van der Waals surface area contributed by atoms with Gasteiger partial charge in [-0.25, -0.2) is 0 Å². The third-order valence-electron chi connectivity index (χ3n) is 4.05. The lowest BCUT2D eigenvalue weighted by Gasteiger charge is -2.33. The second-order valence-corrected chi connectivity index (χ2v) is 5.10. The molecule has 0 spiro atoms. The molecule has 0 fully saturated rings. The van der Waals surface area contributed by atoms with Crippen molar-refractivity contribution in [1.82, 2.24) is 15.1 Å². The zero-order valence-electron chi connectivity index (χ0n) is 13.5. The molecule has 18 heavy (non-hydrogen) atoms. The summed E-state index contributed by atoms with van der Waals surface area (Å²) in [5.41, 5.74) is 0. The largest absolute Gasteiger partial charge is 0.313 e. The number of rotatable bonds is 11. The summed E-state index contributed by atoms with van der Waals surface area (Å²) in [6, 6.07) is 1.19. The van der Waals surface area contributed by atoms with E-state index in [1.165, 1.54) is 32.6 Å². The molecule has 0 amide bonds. The van der Waals surface area contributed by atoms with Crippen LogP contribution in [0.5, 0.6) is 0 Å². The van der Waals surface area contributed by atoms with Crippen LogP contribution >= 0.6 is 0 Å². The Morgan fingerprint density at radius 1 is 0.889 bits per heavy atom. The van der Waals surface area contributed by atoms with E-state index in [2.05, 4.69) is 56.7 Å². The van der Waals surface area contributed by atoms with Crippen LogP contribution < -0.4 is 5.32 Å². The van der Waals surface area contributed by atoms with Crippen molar-refractivity contribution in [3.05, 3.63) is 0 Å². The number of nitrogens with zero attached hydrogens (tertiary/aromatic N) is 2. The van der Waals surface area contributed by atoms with E-state index in [4.69, 9.17) is 0 Å². The van der Waals surface area contributed by atoms with Gasteiger partial charge in [-0.2, -0.15) is 0 Å². The topological polar surface area (TPSA) is 18.5 Å². The third kappa shape index (κ3) is 6.72. The summed E-state index contributed by atoms with van der Waals surface area (Å²) in [6.07, 6.45) is 1.28. The molecule has 0 saturated heterocycles. The van der Waals surface area contributed by atoms with Gasteiger partial charge in [0.15, 0.2) is 0 Å². The van der Waals surface area contributed by atoms with Gasteiger partial charge in [0.1, 0.15) is 0 Å². The standard InChI is InChI=1S/C15H35N3/c1-7-16-14(5)15(6)18(10-4)13-11-12-17(8-2)9-3/h14-16H,7-13H2,1-6H3. The molecule has 1 N–H and O–H groups in total. The molecule has 0 aliphatic rings. The van der Waals surface area contributed by atoms with Crippen molar-refractivity contribution >= 4 is 0 Å². The van der Waals surface area contributed by atoms with Crippen LogP contribution in [0.25, 0.3) is 0 Å². The van der Waals surface area contributed by atoms with Gasteiger partial charge in [0.25, 0.3) is 0 Å². The van der Waals surface area contributed by atoms with Gasteiger partial charge in [-0.3, -0.25) is 4.90 Å². The van der Waals surface area contributed by atoms with Crippen LogP contribution in [0, 0.1) is 0 Å². The molecule has 0 rings (SSSR count). The Bertz CT molecular complexity index is 181. The first-order valence-electron chi connectivity index (χ1n) is 7.80. The fourth-order valence-electron chi connectivity index (χ4n) is 2.50. The first-order valence-corrected chi connectivity index (χ1v) is 7.80. The van der Waals surface area contributed by atoms with Crippen LogP contribution in [0.2, 0.25) is 0 Å². The van der Waals surface area contributed by atoms with Crippen LogP contribution in [-0.4, -0.2) is 61.2 Å². The Kier molecular flexibility index (Phi) is 10.7. The van der Waals surface area contributed by atoms with E-state index in [9.17, 15) is 0 Å². The van der Waals surface area contributed by atoms with Crippen molar-refractivity contribution < 1.29 is 0 Å². The summed E-state index contributed by atoms with van der Waals surface area (Å²) in [6.45, 7) is 20.6. The smallest absolute Gasteiger partial charge is 0.0218 e. The lowest BCUT2D eigenvalue weighted by atomic mass is 10.1. The van der Waals surface area contributed by atoms with Crippen molar-refractivity contribution in [2.75, 3.05) is 39.3 Å². The molecule has 0 aromatic rings. The minimum absolute atomic E-state index is 0.573.